The van der Waals surface area contributed by atoms with E-state index < -0.39 is 0 Å². The number of anilines is 1. The van der Waals surface area contributed by atoms with E-state index >= 15 is 0 Å². The van der Waals surface area contributed by atoms with Crippen molar-refractivity contribution in [1.29, 1.82) is 0 Å². The second-order valence-electron chi connectivity index (χ2n) is 1.96. The summed E-state index contributed by atoms with van der Waals surface area (Å²) in [6.45, 7) is 0. The minimum Gasteiger partial charge on any atom is -0.374 e. The summed E-state index contributed by atoms with van der Waals surface area (Å²) >= 11 is 7.16. The van der Waals surface area contributed by atoms with Crippen molar-refractivity contribution in [3.63, 3.8) is 0 Å². The normalized spacial score (nSPS) is 9.73. The van der Waals surface area contributed by atoms with Crippen LogP contribution in [-0.4, -0.2) is 5.88 Å². The Kier molecular flexibility index (Phi) is 3.20. The van der Waals surface area contributed by atoms with Crippen LogP contribution < -0.4 is 5.32 Å². The second kappa shape index (κ2) is 3.97. The molecule has 1 rings (SSSR count). The van der Waals surface area contributed by atoms with E-state index in [1.807, 2.05) is 0 Å². The summed E-state index contributed by atoms with van der Waals surface area (Å²) in [6.07, 6.45) is 0. The van der Waals surface area contributed by atoms with Gasteiger partial charge in [-0.15, -0.1) is 0 Å². The van der Waals surface area contributed by atoms with E-state index in [0.29, 0.717) is 11.6 Å². The Morgan fingerprint density at radius 3 is 2.91 bits per heavy atom. The van der Waals surface area contributed by atoms with Gasteiger partial charge in [-0.05, 0) is 18.2 Å². The molecule has 4 heteroatoms. The van der Waals surface area contributed by atoms with Crippen molar-refractivity contribution in [2.75, 3.05) is 11.2 Å². The van der Waals surface area contributed by atoms with Crippen LogP contribution in [0.25, 0.3) is 0 Å². The molecule has 0 aliphatic heterocycles. The summed E-state index contributed by atoms with van der Waals surface area (Å²) in [5.41, 5.74) is 0.467. The predicted molar refractivity (Wildman–Crippen MR) is 51.6 cm³/mol. The van der Waals surface area contributed by atoms with Crippen molar-refractivity contribution in [3.8, 4) is 0 Å². The van der Waals surface area contributed by atoms with Crippen LogP contribution in [0.4, 0.5) is 10.1 Å². The first-order valence-electron chi connectivity index (χ1n) is 3.04. The lowest BCUT2D eigenvalue weighted by Gasteiger charge is -2.03. The van der Waals surface area contributed by atoms with Crippen molar-refractivity contribution in [1.82, 2.24) is 0 Å². The third kappa shape index (κ3) is 2.38. The molecule has 0 aliphatic carbocycles. The van der Waals surface area contributed by atoms with Gasteiger partial charge in [-0.1, -0.05) is 15.9 Å². The molecule has 0 bridgehead atoms. The maximum Gasteiger partial charge on any atom is 0.146 e. The minimum absolute atomic E-state index is 0.262. The Morgan fingerprint density at radius 2 is 2.27 bits per heavy atom. The maximum absolute atomic E-state index is 12.8. The van der Waals surface area contributed by atoms with Crippen molar-refractivity contribution >= 4 is 34.2 Å². The van der Waals surface area contributed by atoms with Gasteiger partial charge in [0, 0.05) is 4.47 Å². The zero-order chi connectivity index (χ0) is 8.27. The van der Waals surface area contributed by atoms with Crippen molar-refractivity contribution < 1.29 is 4.39 Å². The van der Waals surface area contributed by atoms with E-state index in [2.05, 4.69) is 33.9 Å². The van der Waals surface area contributed by atoms with Crippen molar-refractivity contribution in [3.05, 3.63) is 28.5 Å². The van der Waals surface area contributed by atoms with Gasteiger partial charge in [0.2, 0.25) is 0 Å². The Balaban J connectivity index is 2.93. The number of rotatable bonds is 2. The summed E-state index contributed by atoms with van der Waals surface area (Å²) < 4.78 is 13.7. The topological polar surface area (TPSA) is 12.0 Å². The molecule has 0 amide bonds. The molecule has 0 saturated heterocycles. The Labute approximate surface area is 78.5 Å². The van der Waals surface area contributed by atoms with Gasteiger partial charge in [0.15, 0.2) is 0 Å². The molecule has 1 N–H and O–H groups in total. The van der Waals surface area contributed by atoms with Crippen molar-refractivity contribution in [2.45, 2.75) is 0 Å². The first-order chi connectivity index (χ1) is 5.24. The van der Waals surface area contributed by atoms with Crippen LogP contribution in [0.1, 0.15) is 0 Å². The highest BCUT2D eigenvalue weighted by molar-refractivity contribution is 9.10. The zero-order valence-corrected chi connectivity index (χ0v) is 8.12. The molecule has 0 heterocycles. The standard InChI is InChI=1S/C7H7BrFNS/c8-5-1-2-6(9)7(3-5)10-4-11/h1-3,10-11H,4H2. The molecule has 11 heavy (non-hydrogen) atoms. The molecule has 0 atom stereocenters. The molecule has 1 aromatic carbocycles. The third-order valence-electron chi connectivity index (χ3n) is 1.20. The van der Waals surface area contributed by atoms with Gasteiger partial charge >= 0.3 is 0 Å². The molecule has 1 aromatic rings. The highest BCUT2D eigenvalue weighted by Gasteiger charge is 1.99. The molecule has 0 aliphatic rings. The van der Waals surface area contributed by atoms with Gasteiger partial charge in [-0.3, -0.25) is 0 Å². The molecule has 0 fully saturated rings. The van der Waals surface area contributed by atoms with E-state index in [1.54, 1.807) is 12.1 Å². The monoisotopic (exact) mass is 235 g/mol. The largest absolute Gasteiger partial charge is 0.374 e. The Morgan fingerprint density at radius 1 is 1.55 bits per heavy atom. The quantitative estimate of drug-likeness (QED) is 0.594. The number of hydrogen-bond donors (Lipinski definition) is 2. The Hall–Kier alpha value is -0.220. The average molecular weight is 236 g/mol. The molecular formula is C7H7BrFNS. The third-order valence-corrected chi connectivity index (χ3v) is 1.85. The smallest absolute Gasteiger partial charge is 0.146 e. The number of nitrogens with one attached hydrogen (secondary N) is 1. The second-order valence-corrected chi connectivity index (χ2v) is 3.19. The lowest BCUT2D eigenvalue weighted by molar-refractivity contribution is 0.631. The van der Waals surface area contributed by atoms with Gasteiger partial charge in [-0.25, -0.2) is 4.39 Å². The summed E-state index contributed by atoms with van der Waals surface area (Å²) in [4.78, 5) is 0. The highest BCUT2D eigenvalue weighted by atomic mass is 79.9. The Bertz CT molecular complexity index is 254. The maximum atomic E-state index is 12.8. The van der Waals surface area contributed by atoms with Gasteiger partial charge in [0.05, 0.1) is 11.6 Å². The molecule has 0 saturated carbocycles. The molecule has 0 radical (unpaired) electrons. The number of hydrogen-bond acceptors (Lipinski definition) is 2. The van der Waals surface area contributed by atoms with E-state index in [0.717, 1.165) is 4.47 Å². The highest BCUT2D eigenvalue weighted by Crippen LogP contribution is 2.19. The summed E-state index contributed by atoms with van der Waals surface area (Å²) in [6, 6.07) is 4.72. The first kappa shape index (κ1) is 8.87. The lowest BCUT2D eigenvalue weighted by atomic mass is 10.3. The number of thiol groups is 1. The van der Waals surface area contributed by atoms with Gasteiger partial charge in [-0.2, -0.15) is 12.6 Å². The molecule has 1 nitrogen and oxygen atoms in total. The van der Waals surface area contributed by atoms with Crippen LogP contribution in [-0.2, 0) is 0 Å². The minimum atomic E-state index is -0.262. The van der Waals surface area contributed by atoms with E-state index in [-0.39, 0.29) is 5.82 Å². The van der Waals surface area contributed by atoms with Crippen LogP contribution >= 0.6 is 28.6 Å². The summed E-state index contributed by atoms with van der Waals surface area (Å²) in [7, 11) is 0. The first-order valence-corrected chi connectivity index (χ1v) is 4.46. The molecular weight excluding hydrogens is 229 g/mol. The number of benzene rings is 1. The zero-order valence-electron chi connectivity index (χ0n) is 5.64. The molecule has 60 valence electrons. The van der Waals surface area contributed by atoms with Crippen LogP contribution in [0.5, 0.6) is 0 Å². The van der Waals surface area contributed by atoms with Gasteiger partial charge in [0.25, 0.3) is 0 Å². The molecule has 0 aromatic heterocycles. The summed E-state index contributed by atoms with van der Waals surface area (Å²) in [5.74, 6) is 0.162. The summed E-state index contributed by atoms with van der Waals surface area (Å²) in [5, 5.41) is 2.78. The predicted octanol–water partition coefficient (Wildman–Crippen LogP) is 2.89. The lowest BCUT2D eigenvalue weighted by Crippen LogP contribution is -1.96. The fourth-order valence-corrected chi connectivity index (χ4v) is 1.25. The molecule has 0 unspecified atom stereocenters. The van der Waals surface area contributed by atoms with E-state index in [1.165, 1.54) is 6.07 Å². The van der Waals surface area contributed by atoms with Crippen molar-refractivity contribution in [2.24, 2.45) is 0 Å². The number of halogens is 2. The van der Waals surface area contributed by atoms with E-state index in [4.69, 9.17) is 0 Å². The molecule has 0 spiro atoms. The average Bonchev–Trinajstić information content (AvgIpc) is 1.98. The van der Waals surface area contributed by atoms with Crippen LogP contribution in [0.3, 0.4) is 0 Å². The van der Waals surface area contributed by atoms with Gasteiger partial charge < -0.3 is 5.32 Å². The van der Waals surface area contributed by atoms with Gasteiger partial charge in [0.1, 0.15) is 5.82 Å². The van der Waals surface area contributed by atoms with Crippen LogP contribution in [0.2, 0.25) is 0 Å². The van der Waals surface area contributed by atoms with Crippen LogP contribution in [0, 0.1) is 5.82 Å². The fraction of sp³-hybridized carbons (Fsp3) is 0.143. The van der Waals surface area contributed by atoms with E-state index in [9.17, 15) is 4.39 Å². The fourth-order valence-electron chi connectivity index (χ4n) is 0.718. The SMILES string of the molecule is Fc1ccc(Br)cc1NCS. The van der Waals surface area contributed by atoms with Crippen LogP contribution in [0.15, 0.2) is 22.7 Å².